The van der Waals surface area contributed by atoms with Crippen LogP contribution < -0.4 is 4.74 Å². The number of carbonyl (C=O) groups is 1. The van der Waals surface area contributed by atoms with Crippen LogP contribution in [0.1, 0.15) is 29.0 Å². The summed E-state index contributed by atoms with van der Waals surface area (Å²) < 4.78 is 18.4. The summed E-state index contributed by atoms with van der Waals surface area (Å²) in [7, 11) is 1.40. The third-order valence-corrected chi connectivity index (χ3v) is 4.34. The van der Waals surface area contributed by atoms with Crippen LogP contribution in [0.5, 0.6) is 5.75 Å². The highest BCUT2D eigenvalue weighted by molar-refractivity contribution is 5.94. The van der Waals surface area contributed by atoms with Gasteiger partial charge in [0, 0.05) is 37.5 Å². The van der Waals surface area contributed by atoms with E-state index in [0.717, 1.165) is 25.1 Å². The average Bonchev–Trinajstić information content (AvgIpc) is 3.08. The Bertz CT molecular complexity index is 664. The molecule has 0 saturated carbocycles. The molecule has 1 aromatic heterocycles. The Morgan fingerprint density at radius 1 is 1.43 bits per heavy atom. The fourth-order valence-electron chi connectivity index (χ4n) is 3.00. The minimum absolute atomic E-state index is 0.0697. The number of hydrogen-bond donors (Lipinski definition) is 1. The maximum absolute atomic E-state index is 13.4. The number of amides is 1. The fourth-order valence-corrected chi connectivity index (χ4v) is 3.00. The molecule has 1 N–H and O–H groups in total. The van der Waals surface area contributed by atoms with Crippen LogP contribution in [0.2, 0.25) is 0 Å². The molecule has 0 unspecified atom stereocenters. The molecule has 1 aliphatic rings. The molecule has 0 bridgehead atoms. The zero-order valence-electron chi connectivity index (χ0n) is 13.1. The number of nitrogens with one attached hydrogen (secondary N) is 1. The lowest BCUT2D eigenvalue weighted by molar-refractivity contribution is 0.0689. The van der Waals surface area contributed by atoms with Crippen LogP contribution in [0.15, 0.2) is 30.6 Å². The predicted molar refractivity (Wildman–Crippen MR) is 83.9 cm³/mol. The molecule has 1 aliphatic heterocycles. The third-order valence-electron chi connectivity index (χ3n) is 4.34. The van der Waals surface area contributed by atoms with E-state index in [1.165, 1.54) is 25.3 Å². The molecule has 1 amide bonds. The highest BCUT2D eigenvalue weighted by Gasteiger charge is 2.24. The van der Waals surface area contributed by atoms with Gasteiger partial charge in [-0.25, -0.2) is 9.37 Å². The molecule has 0 aliphatic carbocycles. The van der Waals surface area contributed by atoms with Crippen LogP contribution in [0.25, 0.3) is 0 Å². The largest absolute Gasteiger partial charge is 0.494 e. The molecular weight excluding hydrogens is 297 g/mol. The summed E-state index contributed by atoms with van der Waals surface area (Å²) in [6, 6.07) is 4.25. The Labute approximate surface area is 134 Å². The molecule has 1 saturated heterocycles. The zero-order valence-corrected chi connectivity index (χ0v) is 13.1. The summed E-state index contributed by atoms with van der Waals surface area (Å²) in [6.07, 6.45) is 6.40. The Morgan fingerprint density at radius 3 is 2.87 bits per heavy atom. The van der Waals surface area contributed by atoms with Crippen molar-refractivity contribution in [2.75, 3.05) is 20.2 Å². The van der Waals surface area contributed by atoms with E-state index < -0.39 is 5.82 Å². The first-order chi connectivity index (χ1) is 11.2. The van der Waals surface area contributed by atoms with Gasteiger partial charge in [0.25, 0.3) is 5.91 Å². The highest BCUT2D eigenvalue weighted by atomic mass is 19.1. The minimum atomic E-state index is -0.457. The molecular formula is C17H20FN3O2. The van der Waals surface area contributed by atoms with Crippen molar-refractivity contribution < 1.29 is 13.9 Å². The number of benzene rings is 1. The van der Waals surface area contributed by atoms with Gasteiger partial charge in [-0.05, 0) is 37.0 Å². The van der Waals surface area contributed by atoms with Gasteiger partial charge in [0.15, 0.2) is 11.6 Å². The molecule has 5 nitrogen and oxygen atoms in total. The number of halogens is 1. The van der Waals surface area contributed by atoms with Crippen molar-refractivity contribution in [3.05, 3.63) is 47.8 Å². The van der Waals surface area contributed by atoms with E-state index in [-0.39, 0.29) is 11.7 Å². The number of carbonyl (C=O) groups excluding carboxylic acids is 1. The Hall–Kier alpha value is -2.37. The summed E-state index contributed by atoms with van der Waals surface area (Å²) >= 11 is 0. The number of methoxy groups -OCH3 is 1. The number of rotatable bonds is 4. The molecule has 0 radical (unpaired) electrons. The van der Waals surface area contributed by atoms with E-state index in [9.17, 15) is 9.18 Å². The average molecular weight is 317 g/mol. The zero-order chi connectivity index (χ0) is 16.2. The Balaban J connectivity index is 1.59. The quantitative estimate of drug-likeness (QED) is 0.943. The van der Waals surface area contributed by atoms with Gasteiger partial charge < -0.3 is 14.6 Å². The maximum atomic E-state index is 13.4. The first kappa shape index (κ1) is 15.5. The van der Waals surface area contributed by atoms with Crippen molar-refractivity contribution in [3.63, 3.8) is 0 Å². The number of nitrogens with zero attached hydrogens (tertiary/aromatic N) is 2. The first-order valence-corrected chi connectivity index (χ1v) is 7.78. The number of H-pyrrole nitrogens is 1. The number of likely N-dealkylation sites (tertiary alicyclic amines) is 1. The predicted octanol–water partition coefficient (Wildman–Crippen LogP) is 2.65. The van der Waals surface area contributed by atoms with Gasteiger partial charge >= 0.3 is 0 Å². The molecule has 0 spiro atoms. The van der Waals surface area contributed by atoms with Gasteiger partial charge in [0.1, 0.15) is 5.82 Å². The van der Waals surface area contributed by atoms with Gasteiger partial charge in [0.05, 0.1) is 7.11 Å². The van der Waals surface area contributed by atoms with Gasteiger partial charge in [-0.1, -0.05) is 0 Å². The van der Waals surface area contributed by atoms with E-state index in [4.69, 9.17) is 4.74 Å². The van der Waals surface area contributed by atoms with Crippen LogP contribution in [-0.4, -0.2) is 41.0 Å². The van der Waals surface area contributed by atoms with Crippen molar-refractivity contribution in [3.8, 4) is 5.75 Å². The Kier molecular flexibility index (Phi) is 4.60. The summed E-state index contributed by atoms with van der Waals surface area (Å²) in [5.74, 6) is 1.11. The number of ether oxygens (including phenoxy) is 1. The molecule has 122 valence electrons. The molecule has 6 heteroatoms. The highest BCUT2D eigenvalue weighted by Crippen LogP contribution is 2.24. The normalized spacial score (nSPS) is 15.7. The van der Waals surface area contributed by atoms with Crippen molar-refractivity contribution >= 4 is 5.91 Å². The van der Waals surface area contributed by atoms with E-state index >= 15 is 0 Å². The lowest BCUT2D eigenvalue weighted by atomic mass is 9.93. The molecule has 23 heavy (non-hydrogen) atoms. The van der Waals surface area contributed by atoms with Gasteiger partial charge in [-0.2, -0.15) is 0 Å². The number of hydrogen-bond acceptors (Lipinski definition) is 3. The molecule has 2 aromatic rings. The molecule has 1 fully saturated rings. The first-order valence-electron chi connectivity index (χ1n) is 7.78. The number of piperidine rings is 1. The molecule has 3 rings (SSSR count). The Morgan fingerprint density at radius 2 is 2.22 bits per heavy atom. The van der Waals surface area contributed by atoms with Crippen LogP contribution >= 0.6 is 0 Å². The van der Waals surface area contributed by atoms with Crippen LogP contribution in [0, 0.1) is 11.7 Å². The van der Waals surface area contributed by atoms with Crippen molar-refractivity contribution in [2.45, 2.75) is 19.3 Å². The second-order valence-electron chi connectivity index (χ2n) is 5.82. The second kappa shape index (κ2) is 6.81. The number of imidazole rings is 1. The van der Waals surface area contributed by atoms with Crippen LogP contribution in [0.4, 0.5) is 4.39 Å². The van der Waals surface area contributed by atoms with Crippen molar-refractivity contribution in [2.24, 2.45) is 5.92 Å². The van der Waals surface area contributed by atoms with E-state index in [1.54, 1.807) is 6.20 Å². The smallest absolute Gasteiger partial charge is 0.253 e. The van der Waals surface area contributed by atoms with Crippen molar-refractivity contribution in [1.82, 2.24) is 14.9 Å². The lowest BCUT2D eigenvalue weighted by Crippen LogP contribution is -2.39. The van der Waals surface area contributed by atoms with E-state index in [2.05, 4.69) is 9.97 Å². The molecule has 2 heterocycles. The number of aromatic amines is 1. The monoisotopic (exact) mass is 317 g/mol. The SMILES string of the molecule is COc1cc(C(=O)N2CCC(Cc3ncc[nH]3)CC2)ccc1F. The van der Waals surface area contributed by atoms with E-state index in [0.29, 0.717) is 24.6 Å². The van der Waals surface area contributed by atoms with Gasteiger partial charge in [0.2, 0.25) is 0 Å². The van der Waals surface area contributed by atoms with Crippen LogP contribution in [-0.2, 0) is 6.42 Å². The summed E-state index contributed by atoms with van der Waals surface area (Å²) in [4.78, 5) is 21.7. The fraction of sp³-hybridized carbons (Fsp3) is 0.412. The topological polar surface area (TPSA) is 58.2 Å². The second-order valence-corrected chi connectivity index (χ2v) is 5.82. The standard InChI is InChI=1S/C17H20FN3O2/c1-23-15-11-13(2-3-14(15)18)17(22)21-8-4-12(5-9-21)10-16-19-6-7-20-16/h2-3,6-7,11-12H,4-5,8-10H2,1H3,(H,19,20). The summed E-state index contributed by atoms with van der Waals surface area (Å²) in [6.45, 7) is 1.42. The number of aromatic nitrogens is 2. The lowest BCUT2D eigenvalue weighted by Gasteiger charge is -2.31. The molecule has 1 aromatic carbocycles. The van der Waals surface area contributed by atoms with Gasteiger partial charge in [-0.15, -0.1) is 0 Å². The van der Waals surface area contributed by atoms with Gasteiger partial charge in [-0.3, -0.25) is 4.79 Å². The van der Waals surface area contributed by atoms with Crippen LogP contribution in [0.3, 0.4) is 0 Å². The summed E-state index contributed by atoms with van der Waals surface area (Å²) in [5, 5.41) is 0. The minimum Gasteiger partial charge on any atom is -0.494 e. The molecule has 0 atom stereocenters. The summed E-state index contributed by atoms with van der Waals surface area (Å²) in [5.41, 5.74) is 0.465. The maximum Gasteiger partial charge on any atom is 0.253 e. The van der Waals surface area contributed by atoms with Crippen molar-refractivity contribution in [1.29, 1.82) is 0 Å². The van der Waals surface area contributed by atoms with E-state index in [1.807, 2.05) is 11.1 Å². The third kappa shape index (κ3) is 3.52.